The third-order valence-corrected chi connectivity index (χ3v) is 5.87. The molecular formula is C23H41IN6O2. The van der Waals surface area contributed by atoms with Gasteiger partial charge in [0.1, 0.15) is 5.82 Å². The Balaban J connectivity index is 0.00000363. The number of hydrogen-bond acceptors (Lipinski definition) is 6. The van der Waals surface area contributed by atoms with E-state index < -0.39 is 0 Å². The second kappa shape index (κ2) is 12.9. The smallest absolute Gasteiger partial charge is 0.191 e. The fraction of sp³-hybridized carbons (Fsp3) is 0.739. The van der Waals surface area contributed by atoms with Crippen LogP contribution in [0.4, 0.5) is 5.82 Å². The summed E-state index contributed by atoms with van der Waals surface area (Å²) < 4.78 is 11.3. The van der Waals surface area contributed by atoms with Gasteiger partial charge in [0.05, 0.1) is 32.0 Å². The van der Waals surface area contributed by atoms with E-state index in [1.807, 2.05) is 6.20 Å². The zero-order valence-electron chi connectivity index (χ0n) is 20.3. The molecule has 2 aliphatic heterocycles. The van der Waals surface area contributed by atoms with Gasteiger partial charge in [-0.15, -0.1) is 24.0 Å². The molecule has 8 nitrogen and oxygen atoms in total. The Morgan fingerprint density at radius 3 is 2.44 bits per heavy atom. The first-order valence-corrected chi connectivity index (χ1v) is 11.6. The number of aromatic nitrogens is 1. The van der Waals surface area contributed by atoms with Crippen LogP contribution in [0, 0.1) is 0 Å². The van der Waals surface area contributed by atoms with Gasteiger partial charge in [-0.05, 0) is 46.2 Å². The van der Waals surface area contributed by atoms with Crippen LogP contribution in [-0.2, 0) is 16.0 Å². The molecule has 2 N–H and O–H groups in total. The molecule has 0 radical (unpaired) electrons. The molecule has 182 valence electrons. The molecule has 32 heavy (non-hydrogen) atoms. The van der Waals surface area contributed by atoms with E-state index in [9.17, 15) is 0 Å². The number of ether oxygens (including phenoxy) is 2. The molecule has 3 rings (SSSR count). The van der Waals surface area contributed by atoms with Crippen LogP contribution in [0.15, 0.2) is 23.3 Å². The molecule has 0 amide bonds. The number of halogens is 1. The first kappa shape index (κ1) is 27.1. The molecule has 1 aromatic rings. The molecule has 3 heterocycles. The van der Waals surface area contributed by atoms with Crippen molar-refractivity contribution in [1.29, 1.82) is 0 Å². The lowest BCUT2D eigenvalue weighted by molar-refractivity contribution is -0.00834. The summed E-state index contributed by atoms with van der Waals surface area (Å²) in [7, 11) is 0. The van der Waals surface area contributed by atoms with E-state index in [1.165, 1.54) is 0 Å². The average molecular weight is 561 g/mol. The summed E-state index contributed by atoms with van der Waals surface area (Å²) in [5.41, 5.74) is 1.14. The summed E-state index contributed by atoms with van der Waals surface area (Å²) in [6.07, 6.45) is 2.39. The van der Waals surface area contributed by atoms with Crippen LogP contribution in [0.1, 0.15) is 40.2 Å². The average Bonchev–Trinajstić information content (AvgIpc) is 2.76. The standard InChI is InChI=1S/C23H40N6O2.HI/c1-6-24-22(27-17-23(4,5)29-9-11-30-12-10-29)26-14-20-7-8-21(25-13-20)28-15-18(2)31-19(3)16-28;/h7-8,13,18-19H,6,9-12,14-17H2,1-5H3,(H2,24,26,27);1H. The van der Waals surface area contributed by atoms with Crippen molar-refractivity contribution in [2.24, 2.45) is 4.99 Å². The Hall–Kier alpha value is -1.17. The van der Waals surface area contributed by atoms with Crippen molar-refractivity contribution in [3.63, 3.8) is 0 Å². The van der Waals surface area contributed by atoms with E-state index in [0.29, 0.717) is 6.54 Å². The van der Waals surface area contributed by atoms with Crippen molar-refractivity contribution in [1.82, 2.24) is 20.5 Å². The minimum atomic E-state index is 0. The number of rotatable bonds is 7. The van der Waals surface area contributed by atoms with Gasteiger partial charge in [-0.3, -0.25) is 4.90 Å². The van der Waals surface area contributed by atoms with Crippen molar-refractivity contribution in [2.45, 2.75) is 58.9 Å². The van der Waals surface area contributed by atoms with Gasteiger partial charge in [-0.25, -0.2) is 9.98 Å². The van der Waals surface area contributed by atoms with E-state index in [2.05, 4.69) is 72.2 Å². The lowest BCUT2D eigenvalue weighted by Crippen LogP contribution is -2.56. The van der Waals surface area contributed by atoms with Crippen LogP contribution in [-0.4, -0.2) is 86.1 Å². The van der Waals surface area contributed by atoms with Gasteiger partial charge < -0.3 is 25.0 Å². The Kier molecular flexibility index (Phi) is 10.9. The second-order valence-corrected chi connectivity index (χ2v) is 9.15. The minimum absolute atomic E-state index is 0. The van der Waals surface area contributed by atoms with Gasteiger partial charge in [-0.1, -0.05) is 6.07 Å². The number of pyridine rings is 1. The predicted octanol–water partition coefficient (Wildman–Crippen LogP) is 2.48. The van der Waals surface area contributed by atoms with Crippen LogP contribution < -0.4 is 15.5 Å². The molecular weight excluding hydrogens is 519 g/mol. The maximum absolute atomic E-state index is 5.82. The zero-order chi connectivity index (χ0) is 22.3. The molecule has 2 saturated heterocycles. The lowest BCUT2D eigenvalue weighted by Gasteiger charge is -2.41. The monoisotopic (exact) mass is 560 g/mol. The third-order valence-electron chi connectivity index (χ3n) is 5.87. The summed E-state index contributed by atoms with van der Waals surface area (Å²) in [5.74, 6) is 1.84. The highest BCUT2D eigenvalue weighted by atomic mass is 127. The highest BCUT2D eigenvalue weighted by Gasteiger charge is 2.28. The van der Waals surface area contributed by atoms with Gasteiger partial charge in [0.15, 0.2) is 5.96 Å². The van der Waals surface area contributed by atoms with Crippen LogP contribution >= 0.6 is 24.0 Å². The molecule has 1 aromatic heterocycles. The fourth-order valence-corrected chi connectivity index (χ4v) is 4.15. The fourth-order valence-electron chi connectivity index (χ4n) is 4.15. The summed E-state index contributed by atoms with van der Waals surface area (Å²) in [5, 5.41) is 6.87. The number of guanidine groups is 1. The summed E-state index contributed by atoms with van der Waals surface area (Å²) in [6, 6.07) is 4.22. The molecule has 2 unspecified atom stereocenters. The van der Waals surface area contributed by atoms with Crippen LogP contribution in [0.2, 0.25) is 0 Å². The summed E-state index contributed by atoms with van der Waals surface area (Å²) in [4.78, 5) is 14.2. The SMILES string of the molecule is CCNC(=NCc1ccc(N2CC(C)OC(C)C2)nc1)NCC(C)(C)N1CCOCC1.I. The van der Waals surface area contributed by atoms with E-state index in [1.54, 1.807) is 0 Å². The van der Waals surface area contributed by atoms with Crippen molar-refractivity contribution in [2.75, 3.05) is 57.4 Å². The Labute approximate surface area is 210 Å². The molecule has 2 fully saturated rings. The molecule has 0 spiro atoms. The van der Waals surface area contributed by atoms with Gasteiger partial charge in [0.25, 0.3) is 0 Å². The first-order chi connectivity index (χ1) is 14.9. The summed E-state index contributed by atoms with van der Waals surface area (Å²) in [6.45, 7) is 18.4. The molecule has 0 aliphatic carbocycles. The topological polar surface area (TPSA) is 74.2 Å². The molecule has 2 aliphatic rings. The Bertz CT molecular complexity index is 699. The van der Waals surface area contributed by atoms with E-state index in [0.717, 1.165) is 69.8 Å². The first-order valence-electron chi connectivity index (χ1n) is 11.6. The van der Waals surface area contributed by atoms with Gasteiger partial charge in [-0.2, -0.15) is 0 Å². The third kappa shape index (κ3) is 8.00. The maximum atomic E-state index is 5.82. The van der Waals surface area contributed by atoms with Crippen molar-refractivity contribution >= 4 is 35.8 Å². The normalized spacial score (nSPS) is 22.9. The molecule has 9 heteroatoms. The quantitative estimate of drug-likeness (QED) is 0.302. The van der Waals surface area contributed by atoms with Gasteiger partial charge >= 0.3 is 0 Å². The molecule has 0 aromatic carbocycles. The van der Waals surface area contributed by atoms with E-state index >= 15 is 0 Å². The Morgan fingerprint density at radius 1 is 1.16 bits per heavy atom. The maximum Gasteiger partial charge on any atom is 0.191 e. The van der Waals surface area contributed by atoms with Crippen LogP contribution in [0.3, 0.4) is 0 Å². The number of aliphatic imine (C=N–C) groups is 1. The van der Waals surface area contributed by atoms with Gasteiger partial charge in [0, 0.05) is 51.0 Å². The van der Waals surface area contributed by atoms with Crippen molar-refractivity contribution in [3.05, 3.63) is 23.9 Å². The van der Waals surface area contributed by atoms with E-state index in [4.69, 9.17) is 14.5 Å². The van der Waals surface area contributed by atoms with Crippen LogP contribution in [0.5, 0.6) is 0 Å². The number of morpholine rings is 2. The van der Waals surface area contributed by atoms with Crippen molar-refractivity contribution < 1.29 is 9.47 Å². The number of anilines is 1. The number of hydrogen-bond donors (Lipinski definition) is 2. The highest BCUT2D eigenvalue weighted by Crippen LogP contribution is 2.19. The molecule has 0 bridgehead atoms. The zero-order valence-corrected chi connectivity index (χ0v) is 22.6. The predicted molar refractivity (Wildman–Crippen MR) is 141 cm³/mol. The highest BCUT2D eigenvalue weighted by molar-refractivity contribution is 14.0. The second-order valence-electron chi connectivity index (χ2n) is 9.15. The van der Waals surface area contributed by atoms with Crippen molar-refractivity contribution in [3.8, 4) is 0 Å². The summed E-state index contributed by atoms with van der Waals surface area (Å²) >= 11 is 0. The number of nitrogens with zero attached hydrogens (tertiary/aromatic N) is 4. The molecule has 2 atom stereocenters. The largest absolute Gasteiger partial charge is 0.379 e. The lowest BCUT2D eigenvalue weighted by atomic mass is 10.0. The van der Waals surface area contributed by atoms with E-state index in [-0.39, 0.29) is 41.7 Å². The molecule has 0 saturated carbocycles. The Morgan fingerprint density at radius 2 is 1.84 bits per heavy atom. The number of nitrogens with one attached hydrogen (secondary N) is 2. The van der Waals surface area contributed by atoms with Gasteiger partial charge in [0.2, 0.25) is 0 Å². The van der Waals surface area contributed by atoms with Crippen LogP contribution in [0.25, 0.3) is 0 Å². The minimum Gasteiger partial charge on any atom is -0.379 e.